The van der Waals surface area contributed by atoms with Gasteiger partial charge in [0.1, 0.15) is 0 Å². The number of carbonyl (C=O) groups is 1. The zero-order chi connectivity index (χ0) is 14.7. The Morgan fingerprint density at radius 3 is 2.86 bits per heavy atom. The lowest BCUT2D eigenvalue weighted by atomic mass is 9.91. The van der Waals surface area contributed by atoms with Gasteiger partial charge < -0.3 is 14.5 Å². The van der Waals surface area contributed by atoms with E-state index in [1.807, 2.05) is 18.2 Å². The standard InChI is InChI=1S/C16H20N2O3/c19-15(20)6-3-9-18-10-7-12(8-11-18)16-13-4-1-2-5-14(13)21-17-16/h1-2,4-5,12H,3,6-11H2,(H,19,20). The Morgan fingerprint density at radius 2 is 2.10 bits per heavy atom. The van der Waals surface area contributed by atoms with Crippen LogP contribution in [0.2, 0.25) is 0 Å². The summed E-state index contributed by atoms with van der Waals surface area (Å²) in [5.41, 5.74) is 1.94. The number of likely N-dealkylation sites (tertiary alicyclic amines) is 1. The number of nitrogens with zero attached hydrogens (tertiary/aromatic N) is 2. The molecule has 2 aromatic rings. The second-order valence-corrected chi connectivity index (χ2v) is 5.68. The average Bonchev–Trinajstić information content (AvgIpc) is 2.92. The van der Waals surface area contributed by atoms with Gasteiger partial charge in [-0.25, -0.2) is 0 Å². The largest absolute Gasteiger partial charge is 0.481 e. The maximum atomic E-state index is 10.5. The number of fused-ring (bicyclic) bond motifs is 1. The number of benzene rings is 1. The van der Waals surface area contributed by atoms with Crippen LogP contribution in [0, 0.1) is 0 Å². The first-order valence-electron chi connectivity index (χ1n) is 7.52. The molecule has 1 aliphatic heterocycles. The van der Waals surface area contributed by atoms with Gasteiger partial charge in [-0.2, -0.15) is 0 Å². The fourth-order valence-electron chi connectivity index (χ4n) is 3.08. The van der Waals surface area contributed by atoms with Gasteiger partial charge in [-0.05, 0) is 51.0 Å². The van der Waals surface area contributed by atoms with Crippen LogP contribution in [0.25, 0.3) is 11.0 Å². The van der Waals surface area contributed by atoms with Gasteiger partial charge in [-0.3, -0.25) is 4.79 Å². The van der Waals surface area contributed by atoms with E-state index in [0.29, 0.717) is 5.92 Å². The number of aliphatic carboxylic acids is 1. The minimum absolute atomic E-state index is 0.258. The Labute approximate surface area is 123 Å². The van der Waals surface area contributed by atoms with Crippen molar-refractivity contribution >= 4 is 16.9 Å². The first-order valence-corrected chi connectivity index (χ1v) is 7.52. The molecular weight excluding hydrogens is 268 g/mol. The third-order valence-electron chi connectivity index (χ3n) is 4.24. The molecule has 21 heavy (non-hydrogen) atoms. The molecule has 112 valence electrons. The van der Waals surface area contributed by atoms with E-state index < -0.39 is 5.97 Å². The number of hydrogen-bond acceptors (Lipinski definition) is 4. The number of piperidine rings is 1. The van der Waals surface area contributed by atoms with Crippen LogP contribution in [0.1, 0.15) is 37.3 Å². The first-order chi connectivity index (χ1) is 10.2. The molecule has 0 spiro atoms. The normalized spacial score (nSPS) is 17.3. The Balaban J connectivity index is 1.57. The Morgan fingerprint density at radius 1 is 1.33 bits per heavy atom. The number of rotatable bonds is 5. The van der Waals surface area contributed by atoms with Crippen LogP contribution in [0.15, 0.2) is 28.8 Å². The summed E-state index contributed by atoms with van der Waals surface area (Å²) in [6.45, 7) is 2.88. The van der Waals surface area contributed by atoms with Gasteiger partial charge in [0, 0.05) is 17.7 Å². The second kappa shape index (κ2) is 6.26. The molecule has 0 bridgehead atoms. The number of carboxylic acids is 1. The summed E-state index contributed by atoms with van der Waals surface area (Å²) in [4.78, 5) is 12.9. The minimum Gasteiger partial charge on any atom is -0.481 e. The van der Waals surface area contributed by atoms with Crippen molar-refractivity contribution in [3.8, 4) is 0 Å². The van der Waals surface area contributed by atoms with Gasteiger partial charge in [0.25, 0.3) is 0 Å². The maximum absolute atomic E-state index is 10.5. The quantitative estimate of drug-likeness (QED) is 0.916. The van der Waals surface area contributed by atoms with Gasteiger partial charge in [-0.15, -0.1) is 0 Å². The summed E-state index contributed by atoms with van der Waals surface area (Å²) < 4.78 is 5.39. The number of aromatic nitrogens is 1. The molecule has 1 aliphatic rings. The molecule has 5 heteroatoms. The van der Waals surface area contributed by atoms with Crippen LogP contribution >= 0.6 is 0 Å². The van der Waals surface area contributed by atoms with Crippen LogP contribution in [-0.4, -0.2) is 40.8 Å². The van der Waals surface area contributed by atoms with E-state index in [9.17, 15) is 4.79 Å². The third-order valence-corrected chi connectivity index (χ3v) is 4.24. The number of para-hydroxylation sites is 1. The molecule has 1 aromatic carbocycles. The van der Waals surface area contributed by atoms with Crippen LogP contribution in [0.4, 0.5) is 0 Å². The van der Waals surface area contributed by atoms with Crippen LogP contribution in [-0.2, 0) is 4.79 Å². The van der Waals surface area contributed by atoms with Crippen molar-refractivity contribution in [3.63, 3.8) is 0 Å². The van der Waals surface area contributed by atoms with Crippen molar-refractivity contribution in [3.05, 3.63) is 30.0 Å². The van der Waals surface area contributed by atoms with E-state index in [-0.39, 0.29) is 6.42 Å². The van der Waals surface area contributed by atoms with Gasteiger partial charge in [-0.1, -0.05) is 17.3 Å². The molecule has 0 aliphatic carbocycles. The van der Waals surface area contributed by atoms with Crippen LogP contribution < -0.4 is 0 Å². The highest BCUT2D eigenvalue weighted by Gasteiger charge is 2.24. The van der Waals surface area contributed by atoms with Gasteiger partial charge >= 0.3 is 5.97 Å². The average molecular weight is 288 g/mol. The molecule has 3 rings (SSSR count). The van der Waals surface area contributed by atoms with E-state index >= 15 is 0 Å². The third kappa shape index (κ3) is 3.24. The molecule has 1 aromatic heterocycles. The molecular formula is C16H20N2O3. The molecule has 5 nitrogen and oxygen atoms in total. The molecule has 1 fully saturated rings. The lowest BCUT2D eigenvalue weighted by Crippen LogP contribution is -2.34. The second-order valence-electron chi connectivity index (χ2n) is 5.68. The van der Waals surface area contributed by atoms with Crippen molar-refractivity contribution in [2.75, 3.05) is 19.6 Å². The molecule has 0 atom stereocenters. The number of carboxylic acid groups (broad SMARTS) is 1. The molecule has 0 radical (unpaired) electrons. The van der Waals surface area contributed by atoms with Crippen molar-refractivity contribution in [2.45, 2.75) is 31.6 Å². The van der Waals surface area contributed by atoms with Gasteiger partial charge in [0.15, 0.2) is 5.58 Å². The van der Waals surface area contributed by atoms with Gasteiger partial charge in [0.2, 0.25) is 0 Å². The smallest absolute Gasteiger partial charge is 0.303 e. The maximum Gasteiger partial charge on any atom is 0.303 e. The SMILES string of the molecule is O=C(O)CCCN1CCC(c2noc3ccccc23)CC1. The predicted octanol–water partition coefficient (Wildman–Crippen LogP) is 2.87. The Hall–Kier alpha value is -1.88. The van der Waals surface area contributed by atoms with E-state index in [2.05, 4.69) is 16.1 Å². The van der Waals surface area contributed by atoms with E-state index in [1.165, 1.54) is 0 Å². The summed E-state index contributed by atoms with van der Waals surface area (Å²) >= 11 is 0. The van der Waals surface area contributed by atoms with Crippen molar-refractivity contribution in [1.82, 2.24) is 10.1 Å². The van der Waals surface area contributed by atoms with E-state index in [0.717, 1.165) is 55.6 Å². The van der Waals surface area contributed by atoms with Crippen LogP contribution in [0.5, 0.6) is 0 Å². The fraction of sp³-hybridized carbons (Fsp3) is 0.500. The molecule has 0 amide bonds. The zero-order valence-electron chi connectivity index (χ0n) is 12.0. The molecule has 2 heterocycles. The highest BCUT2D eigenvalue weighted by Crippen LogP contribution is 2.32. The molecule has 0 unspecified atom stereocenters. The Kier molecular flexibility index (Phi) is 4.20. The lowest BCUT2D eigenvalue weighted by Gasteiger charge is -2.30. The Bertz CT molecular complexity index is 615. The van der Waals surface area contributed by atoms with E-state index in [1.54, 1.807) is 0 Å². The minimum atomic E-state index is -0.709. The fourth-order valence-corrected chi connectivity index (χ4v) is 3.08. The molecule has 1 N–H and O–H groups in total. The number of hydrogen-bond donors (Lipinski definition) is 1. The van der Waals surface area contributed by atoms with Crippen molar-refractivity contribution in [1.29, 1.82) is 0 Å². The monoisotopic (exact) mass is 288 g/mol. The summed E-state index contributed by atoms with van der Waals surface area (Å²) in [7, 11) is 0. The van der Waals surface area contributed by atoms with Crippen molar-refractivity contribution < 1.29 is 14.4 Å². The predicted molar refractivity (Wildman–Crippen MR) is 79.3 cm³/mol. The zero-order valence-corrected chi connectivity index (χ0v) is 12.0. The summed E-state index contributed by atoms with van der Waals surface area (Å²) in [6, 6.07) is 8.00. The van der Waals surface area contributed by atoms with Crippen LogP contribution in [0.3, 0.4) is 0 Å². The topological polar surface area (TPSA) is 66.6 Å². The summed E-state index contributed by atoms with van der Waals surface area (Å²) in [6.07, 6.45) is 3.11. The summed E-state index contributed by atoms with van der Waals surface area (Å²) in [5.74, 6) is -0.261. The summed E-state index contributed by atoms with van der Waals surface area (Å²) in [5, 5.41) is 14.1. The highest BCUT2D eigenvalue weighted by molar-refractivity contribution is 5.79. The lowest BCUT2D eigenvalue weighted by molar-refractivity contribution is -0.137. The first kappa shape index (κ1) is 14.1. The van der Waals surface area contributed by atoms with E-state index in [4.69, 9.17) is 9.63 Å². The molecule has 1 saturated heterocycles. The molecule has 0 saturated carbocycles. The van der Waals surface area contributed by atoms with Crippen molar-refractivity contribution in [2.24, 2.45) is 0 Å². The highest BCUT2D eigenvalue weighted by atomic mass is 16.5. The van der Waals surface area contributed by atoms with Gasteiger partial charge in [0.05, 0.1) is 5.69 Å².